The van der Waals surface area contributed by atoms with Gasteiger partial charge in [0, 0.05) is 18.0 Å². The average Bonchev–Trinajstić information content (AvgIpc) is 2.63. The second kappa shape index (κ2) is 5.60. The first-order valence-corrected chi connectivity index (χ1v) is 8.23. The van der Waals surface area contributed by atoms with Crippen LogP contribution in [0.3, 0.4) is 0 Å². The fraction of sp³-hybridized carbons (Fsp3) is 0.667. The first kappa shape index (κ1) is 14.8. The van der Waals surface area contributed by atoms with Crippen molar-refractivity contribution in [3.8, 4) is 5.75 Å². The Hall–Kier alpha value is -1.09. The van der Waals surface area contributed by atoms with E-state index in [2.05, 4.69) is 13.8 Å². The molecule has 3 heteroatoms. The predicted molar refractivity (Wildman–Crippen MR) is 82.7 cm³/mol. The normalized spacial score (nSPS) is 32.6. The van der Waals surface area contributed by atoms with Crippen molar-refractivity contribution in [1.82, 2.24) is 0 Å². The van der Waals surface area contributed by atoms with Gasteiger partial charge in [-0.25, -0.2) is 4.39 Å². The monoisotopic (exact) mass is 291 g/mol. The van der Waals surface area contributed by atoms with Crippen molar-refractivity contribution < 1.29 is 9.13 Å². The van der Waals surface area contributed by atoms with Crippen molar-refractivity contribution in [1.29, 1.82) is 0 Å². The molecule has 1 aromatic carbocycles. The molecular formula is C18H26FNO. The second-order valence-electron chi connectivity index (χ2n) is 7.21. The van der Waals surface area contributed by atoms with Crippen LogP contribution in [-0.4, -0.2) is 5.60 Å². The van der Waals surface area contributed by atoms with E-state index in [-0.39, 0.29) is 17.5 Å². The number of hydrogen-bond acceptors (Lipinski definition) is 2. The Kier molecular flexibility index (Phi) is 3.96. The lowest BCUT2D eigenvalue weighted by Crippen LogP contribution is -2.42. The van der Waals surface area contributed by atoms with E-state index >= 15 is 0 Å². The lowest BCUT2D eigenvalue weighted by Gasteiger charge is -2.41. The highest BCUT2D eigenvalue weighted by molar-refractivity contribution is 5.39. The van der Waals surface area contributed by atoms with E-state index in [1.54, 1.807) is 6.07 Å². The molecule has 0 radical (unpaired) electrons. The van der Waals surface area contributed by atoms with Crippen LogP contribution >= 0.6 is 0 Å². The number of fused-ring (bicyclic) bond motifs is 1. The lowest BCUT2D eigenvalue weighted by atomic mass is 9.81. The van der Waals surface area contributed by atoms with Gasteiger partial charge in [-0.05, 0) is 55.7 Å². The van der Waals surface area contributed by atoms with E-state index < -0.39 is 0 Å². The molecule has 0 amide bonds. The molecule has 1 saturated carbocycles. The van der Waals surface area contributed by atoms with Gasteiger partial charge in [-0.2, -0.15) is 0 Å². The number of rotatable bonds is 1. The molecule has 3 rings (SSSR count). The molecule has 1 aliphatic carbocycles. The number of halogens is 1. The summed E-state index contributed by atoms with van der Waals surface area (Å²) in [6.45, 7) is 4.63. The smallest absolute Gasteiger partial charge is 0.125 e. The van der Waals surface area contributed by atoms with Crippen molar-refractivity contribution in [2.75, 3.05) is 0 Å². The number of benzene rings is 1. The van der Waals surface area contributed by atoms with E-state index in [1.165, 1.54) is 31.4 Å². The Morgan fingerprint density at radius 3 is 2.86 bits per heavy atom. The van der Waals surface area contributed by atoms with Crippen LogP contribution in [0.2, 0.25) is 0 Å². The molecule has 2 N–H and O–H groups in total. The topological polar surface area (TPSA) is 35.2 Å². The number of hydrogen-bond donors (Lipinski definition) is 1. The van der Waals surface area contributed by atoms with Gasteiger partial charge >= 0.3 is 0 Å². The molecule has 0 bridgehead atoms. The molecule has 1 fully saturated rings. The first-order valence-electron chi connectivity index (χ1n) is 8.23. The molecule has 2 nitrogen and oxygen atoms in total. The molecule has 0 aromatic heterocycles. The Labute approximate surface area is 126 Å². The third-order valence-corrected chi connectivity index (χ3v) is 5.41. The number of ether oxygens (including phenoxy) is 1. The number of nitrogens with two attached hydrogens (primary N) is 1. The molecule has 3 atom stereocenters. The van der Waals surface area contributed by atoms with Crippen LogP contribution < -0.4 is 10.5 Å². The first-order chi connectivity index (χ1) is 9.99. The van der Waals surface area contributed by atoms with Crippen LogP contribution in [-0.2, 0) is 0 Å². The molecule has 3 unspecified atom stereocenters. The van der Waals surface area contributed by atoms with Crippen molar-refractivity contribution in [2.45, 2.75) is 64.0 Å². The van der Waals surface area contributed by atoms with Crippen LogP contribution in [0.1, 0.15) is 64.0 Å². The van der Waals surface area contributed by atoms with Gasteiger partial charge in [0.15, 0.2) is 0 Å². The van der Waals surface area contributed by atoms with Gasteiger partial charge in [-0.3, -0.25) is 0 Å². The Morgan fingerprint density at radius 2 is 2.10 bits per heavy atom. The van der Waals surface area contributed by atoms with Gasteiger partial charge in [-0.1, -0.05) is 20.3 Å². The quantitative estimate of drug-likeness (QED) is 0.821. The van der Waals surface area contributed by atoms with E-state index in [0.717, 1.165) is 42.4 Å². The van der Waals surface area contributed by atoms with Crippen LogP contribution in [0.4, 0.5) is 4.39 Å². The maximum absolute atomic E-state index is 13.4. The standard InChI is InChI=1S/C18H26FNO/c1-12(2)13-4-3-8-18(9-7-13)11-16(20)15-10-14(19)5-6-17(15)21-18/h5-6,10,12-13,16H,3-4,7-9,11,20H2,1-2H3. The third kappa shape index (κ3) is 2.94. The summed E-state index contributed by atoms with van der Waals surface area (Å²) in [6, 6.07) is 4.63. The van der Waals surface area contributed by atoms with Crippen molar-refractivity contribution >= 4 is 0 Å². The second-order valence-corrected chi connectivity index (χ2v) is 7.21. The highest BCUT2D eigenvalue weighted by Crippen LogP contribution is 2.46. The zero-order valence-electron chi connectivity index (χ0n) is 13.1. The van der Waals surface area contributed by atoms with Gasteiger partial charge < -0.3 is 10.5 Å². The SMILES string of the molecule is CC(C)C1CCCC2(CC1)CC(N)c1cc(F)ccc1O2. The molecule has 21 heavy (non-hydrogen) atoms. The zero-order valence-corrected chi connectivity index (χ0v) is 13.1. The van der Waals surface area contributed by atoms with Crippen molar-refractivity contribution in [3.05, 3.63) is 29.6 Å². The summed E-state index contributed by atoms with van der Waals surface area (Å²) in [5.41, 5.74) is 7.01. The maximum atomic E-state index is 13.4. The Bertz CT molecular complexity index is 516. The molecule has 0 saturated heterocycles. The average molecular weight is 291 g/mol. The fourth-order valence-electron chi connectivity index (χ4n) is 4.06. The minimum Gasteiger partial charge on any atom is -0.487 e. The van der Waals surface area contributed by atoms with Crippen LogP contribution in [0.25, 0.3) is 0 Å². The van der Waals surface area contributed by atoms with E-state index in [0.29, 0.717) is 0 Å². The third-order valence-electron chi connectivity index (χ3n) is 5.41. The fourth-order valence-corrected chi connectivity index (χ4v) is 4.06. The van der Waals surface area contributed by atoms with Gasteiger partial charge in [0.05, 0.1) is 0 Å². The van der Waals surface area contributed by atoms with E-state index in [9.17, 15) is 4.39 Å². The molecule has 1 aliphatic heterocycles. The van der Waals surface area contributed by atoms with Crippen LogP contribution in [0.5, 0.6) is 5.75 Å². The van der Waals surface area contributed by atoms with Gasteiger partial charge in [-0.15, -0.1) is 0 Å². The summed E-state index contributed by atoms with van der Waals surface area (Å²) < 4.78 is 19.7. The van der Waals surface area contributed by atoms with Gasteiger partial charge in [0.1, 0.15) is 17.2 Å². The molecule has 1 heterocycles. The molecule has 1 aromatic rings. The highest BCUT2D eigenvalue weighted by atomic mass is 19.1. The summed E-state index contributed by atoms with van der Waals surface area (Å²) in [5.74, 6) is 2.08. The summed E-state index contributed by atoms with van der Waals surface area (Å²) >= 11 is 0. The summed E-state index contributed by atoms with van der Waals surface area (Å²) in [5, 5.41) is 0. The van der Waals surface area contributed by atoms with Crippen molar-refractivity contribution in [2.24, 2.45) is 17.6 Å². The van der Waals surface area contributed by atoms with Gasteiger partial charge in [0.25, 0.3) is 0 Å². The minimum absolute atomic E-state index is 0.111. The largest absolute Gasteiger partial charge is 0.487 e. The molecule has 2 aliphatic rings. The molecular weight excluding hydrogens is 265 g/mol. The van der Waals surface area contributed by atoms with Crippen molar-refractivity contribution in [3.63, 3.8) is 0 Å². The van der Waals surface area contributed by atoms with Crippen LogP contribution in [0, 0.1) is 17.7 Å². The van der Waals surface area contributed by atoms with E-state index in [1.807, 2.05) is 0 Å². The molecule has 1 spiro atoms. The molecule has 116 valence electrons. The zero-order chi connectivity index (χ0) is 15.0. The lowest BCUT2D eigenvalue weighted by molar-refractivity contribution is 0.0197. The Balaban J connectivity index is 1.82. The Morgan fingerprint density at radius 1 is 1.29 bits per heavy atom. The summed E-state index contributed by atoms with van der Waals surface area (Å²) in [7, 11) is 0. The van der Waals surface area contributed by atoms with E-state index in [4.69, 9.17) is 10.5 Å². The maximum Gasteiger partial charge on any atom is 0.125 e. The van der Waals surface area contributed by atoms with Gasteiger partial charge in [0.2, 0.25) is 0 Å². The minimum atomic E-state index is -0.232. The van der Waals surface area contributed by atoms with Crippen LogP contribution in [0.15, 0.2) is 18.2 Å². The summed E-state index contributed by atoms with van der Waals surface area (Å²) in [6.07, 6.45) is 6.65. The predicted octanol–water partition coefficient (Wildman–Crippen LogP) is 4.58. The highest BCUT2D eigenvalue weighted by Gasteiger charge is 2.41. The summed E-state index contributed by atoms with van der Waals surface area (Å²) in [4.78, 5) is 0.